The Labute approximate surface area is 100 Å². The maximum Gasteiger partial charge on any atom is 0.416 e. The first-order valence-electron chi connectivity index (χ1n) is 5.00. The molecule has 0 saturated carbocycles. The molecule has 0 saturated heterocycles. The van der Waals surface area contributed by atoms with Crippen LogP contribution in [0.5, 0.6) is 0 Å². The monoisotopic (exact) mass is 255 g/mol. The topological polar surface area (TPSA) is 47.8 Å². The molecule has 94 valence electrons. The van der Waals surface area contributed by atoms with Crippen LogP contribution in [0, 0.1) is 0 Å². The largest absolute Gasteiger partial charge is 0.416 e. The molecule has 18 heavy (non-hydrogen) atoms. The van der Waals surface area contributed by atoms with Crippen molar-refractivity contribution in [1.82, 2.24) is 15.0 Å². The van der Waals surface area contributed by atoms with E-state index in [1.807, 2.05) is 0 Å². The van der Waals surface area contributed by atoms with Crippen molar-refractivity contribution in [3.63, 3.8) is 0 Å². The second-order valence-electron chi connectivity index (χ2n) is 3.66. The second-order valence-corrected chi connectivity index (χ2v) is 3.66. The van der Waals surface area contributed by atoms with Crippen LogP contribution in [-0.4, -0.2) is 21.3 Å². The van der Waals surface area contributed by atoms with Crippen molar-refractivity contribution in [3.05, 3.63) is 47.3 Å². The molecule has 0 atom stereocenters. The predicted molar refractivity (Wildman–Crippen MR) is 56.0 cm³/mol. The lowest BCUT2D eigenvalue weighted by Crippen LogP contribution is -2.07. The molecule has 1 heterocycles. The molecular weight excluding hydrogens is 247 g/mol. The van der Waals surface area contributed by atoms with Gasteiger partial charge < -0.3 is 0 Å². The number of carbonyl (C=O) groups excluding carboxylic acids is 1. The molecular formula is C11H8F3N3O. The number of hydrogen-bond donors (Lipinski definition) is 0. The van der Waals surface area contributed by atoms with E-state index in [0.29, 0.717) is 11.8 Å². The van der Waals surface area contributed by atoms with Crippen LogP contribution in [0.25, 0.3) is 0 Å². The molecule has 2 rings (SSSR count). The normalized spacial score (nSPS) is 11.5. The number of halogens is 3. The van der Waals surface area contributed by atoms with Crippen molar-refractivity contribution >= 4 is 6.29 Å². The molecule has 2 aromatic rings. The summed E-state index contributed by atoms with van der Waals surface area (Å²) >= 11 is 0. The highest BCUT2D eigenvalue weighted by Gasteiger charge is 2.30. The summed E-state index contributed by atoms with van der Waals surface area (Å²) in [5.74, 6) is 0. The highest BCUT2D eigenvalue weighted by molar-refractivity contribution is 5.70. The van der Waals surface area contributed by atoms with Crippen LogP contribution >= 0.6 is 0 Å². The molecule has 4 nitrogen and oxygen atoms in total. The average Bonchev–Trinajstić information content (AvgIpc) is 2.76. The van der Waals surface area contributed by atoms with Gasteiger partial charge >= 0.3 is 6.18 Å². The number of nitrogens with zero attached hydrogens (tertiary/aromatic N) is 3. The number of benzene rings is 1. The highest BCUT2D eigenvalue weighted by atomic mass is 19.4. The van der Waals surface area contributed by atoms with Crippen molar-refractivity contribution in [2.75, 3.05) is 0 Å². The molecule has 0 fully saturated rings. The smallest absolute Gasteiger partial charge is 0.296 e. The standard InChI is InChI=1S/C11H8F3N3O/c12-11(13,14)9-3-1-2-8(4-9)5-17-6-10(7-18)15-16-17/h1-4,6-7H,5H2. The van der Waals surface area contributed by atoms with Crippen LogP contribution in [-0.2, 0) is 12.7 Å². The zero-order chi connectivity index (χ0) is 13.2. The first kappa shape index (κ1) is 12.3. The summed E-state index contributed by atoms with van der Waals surface area (Å²) in [5, 5.41) is 7.15. The van der Waals surface area contributed by atoms with Gasteiger partial charge in [0.15, 0.2) is 6.29 Å². The van der Waals surface area contributed by atoms with Crippen molar-refractivity contribution in [2.24, 2.45) is 0 Å². The van der Waals surface area contributed by atoms with Gasteiger partial charge in [-0.05, 0) is 17.7 Å². The molecule has 0 amide bonds. The van der Waals surface area contributed by atoms with E-state index in [1.165, 1.54) is 16.9 Å². The van der Waals surface area contributed by atoms with Crippen molar-refractivity contribution < 1.29 is 18.0 Å². The van der Waals surface area contributed by atoms with Gasteiger partial charge in [-0.15, -0.1) is 5.10 Å². The van der Waals surface area contributed by atoms with Crippen molar-refractivity contribution in [2.45, 2.75) is 12.7 Å². The van der Waals surface area contributed by atoms with Gasteiger partial charge in [-0.2, -0.15) is 13.2 Å². The molecule has 1 aromatic carbocycles. The number of rotatable bonds is 3. The van der Waals surface area contributed by atoms with E-state index in [2.05, 4.69) is 10.3 Å². The fourth-order valence-electron chi connectivity index (χ4n) is 1.48. The number of carbonyl (C=O) groups is 1. The summed E-state index contributed by atoms with van der Waals surface area (Å²) in [5.41, 5.74) is -0.134. The number of aldehydes is 1. The molecule has 0 spiro atoms. The minimum atomic E-state index is -4.37. The number of aromatic nitrogens is 3. The summed E-state index contributed by atoms with van der Waals surface area (Å²) in [7, 11) is 0. The molecule has 0 unspecified atom stereocenters. The summed E-state index contributed by atoms with van der Waals surface area (Å²) < 4.78 is 38.8. The van der Waals surface area contributed by atoms with Gasteiger partial charge in [0, 0.05) is 0 Å². The Morgan fingerprint density at radius 1 is 1.33 bits per heavy atom. The van der Waals surface area contributed by atoms with Crippen molar-refractivity contribution in [1.29, 1.82) is 0 Å². The molecule has 0 aliphatic carbocycles. The Morgan fingerprint density at radius 3 is 2.72 bits per heavy atom. The average molecular weight is 255 g/mol. The summed E-state index contributed by atoms with van der Waals surface area (Å²) in [4.78, 5) is 10.4. The predicted octanol–water partition coefficient (Wildman–Crippen LogP) is 2.16. The maximum atomic E-state index is 12.5. The Hall–Kier alpha value is -2.18. The fraction of sp³-hybridized carbons (Fsp3) is 0.182. The first-order valence-corrected chi connectivity index (χ1v) is 5.00. The lowest BCUT2D eigenvalue weighted by Gasteiger charge is -2.08. The highest BCUT2D eigenvalue weighted by Crippen LogP contribution is 2.29. The van der Waals surface area contributed by atoms with E-state index in [0.717, 1.165) is 12.1 Å². The lowest BCUT2D eigenvalue weighted by molar-refractivity contribution is -0.137. The lowest BCUT2D eigenvalue weighted by atomic mass is 10.1. The van der Waals surface area contributed by atoms with Crippen LogP contribution in [0.3, 0.4) is 0 Å². The Bertz CT molecular complexity index is 563. The molecule has 0 bridgehead atoms. The summed E-state index contributed by atoms with van der Waals surface area (Å²) in [6.45, 7) is 0.130. The maximum absolute atomic E-state index is 12.5. The van der Waals surface area contributed by atoms with Gasteiger partial charge in [0.1, 0.15) is 5.69 Å². The molecule has 0 aliphatic rings. The third-order valence-corrected chi connectivity index (χ3v) is 2.28. The summed E-state index contributed by atoms with van der Waals surface area (Å²) in [6, 6.07) is 4.93. The van der Waals surface area contributed by atoms with Crippen molar-refractivity contribution in [3.8, 4) is 0 Å². The van der Waals surface area contributed by atoms with E-state index in [4.69, 9.17) is 0 Å². The SMILES string of the molecule is O=Cc1cn(Cc2cccc(C(F)(F)F)c2)nn1. The number of alkyl halides is 3. The minimum Gasteiger partial charge on any atom is -0.296 e. The Balaban J connectivity index is 2.21. The summed E-state index contributed by atoms with van der Waals surface area (Å²) in [6.07, 6.45) is -2.48. The quantitative estimate of drug-likeness (QED) is 0.789. The van der Waals surface area contributed by atoms with Gasteiger partial charge in [0.05, 0.1) is 18.3 Å². The van der Waals surface area contributed by atoms with E-state index < -0.39 is 11.7 Å². The molecule has 7 heteroatoms. The van der Waals surface area contributed by atoms with Crippen LogP contribution in [0.15, 0.2) is 30.5 Å². The zero-order valence-electron chi connectivity index (χ0n) is 9.05. The van der Waals surface area contributed by atoms with Crippen LogP contribution in [0.4, 0.5) is 13.2 Å². The van der Waals surface area contributed by atoms with E-state index >= 15 is 0 Å². The third-order valence-electron chi connectivity index (χ3n) is 2.28. The van der Waals surface area contributed by atoms with Crippen LogP contribution in [0.2, 0.25) is 0 Å². The van der Waals surface area contributed by atoms with E-state index in [-0.39, 0.29) is 12.2 Å². The Morgan fingerprint density at radius 2 is 2.11 bits per heavy atom. The minimum absolute atomic E-state index is 0.130. The van der Waals surface area contributed by atoms with Crippen LogP contribution < -0.4 is 0 Å². The van der Waals surface area contributed by atoms with E-state index in [1.54, 1.807) is 6.07 Å². The third kappa shape index (κ3) is 2.73. The fourth-order valence-corrected chi connectivity index (χ4v) is 1.48. The zero-order valence-corrected chi connectivity index (χ0v) is 9.05. The van der Waals surface area contributed by atoms with Gasteiger partial charge in [0.2, 0.25) is 0 Å². The van der Waals surface area contributed by atoms with E-state index in [9.17, 15) is 18.0 Å². The van der Waals surface area contributed by atoms with Gasteiger partial charge in [-0.3, -0.25) is 4.79 Å². The first-order chi connectivity index (χ1) is 8.49. The van der Waals surface area contributed by atoms with Gasteiger partial charge in [-0.1, -0.05) is 17.3 Å². The molecule has 0 N–H and O–H groups in total. The molecule has 0 radical (unpaired) electrons. The number of hydrogen-bond acceptors (Lipinski definition) is 3. The van der Waals surface area contributed by atoms with Gasteiger partial charge in [0.25, 0.3) is 0 Å². The van der Waals surface area contributed by atoms with Gasteiger partial charge in [-0.25, -0.2) is 4.68 Å². The Kier molecular flexibility index (Phi) is 3.14. The molecule has 0 aliphatic heterocycles. The second kappa shape index (κ2) is 4.59. The molecule has 1 aromatic heterocycles. The van der Waals surface area contributed by atoms with Crippen LogP contribution in [0.1, 0.15) is 21.6 Å².